The number of carbonyl (C=O) groups is 1. The molecule has 0 aromatic heterocycles. The normalized spacial score (nSPS) is 12.1. The lowest BCUT2D eigenvalue weighted by atomic mass is 9.98. The minimum Gasteiger partial charge on any atom is -0.482 e. The van der Waals surface area contributed by atoms with Crippen LogP contribution in [0.1, 0.15) is 33.6 Å². The highest BCUT2D eigenvalue weighted by molar-refractivity contribution is 7.89. The van der Waals surface area contributed by atoms with Crippen LogP contribution in [-0.2, 0) is 14.8 Å². The van der Waals surface area contributed by atoms with Crippen LogP contribution in [-0.4, -0.2) is 31.6 Å². The van der Waals surface area contributed by atoms with Crippen LogP contribution in [0.15, 0.2) is 29.2 Å². The summed E-state index contributed by atoms with van der Waals surface area (Å²) in [5.74, 6) is -0.778. The van der Waals surface area contributed by atoms with Crippen molar-refractivity contribution in [3.8, 4) is 5.75 Å². The number of ether oxygens (including phenoxy) is 1. The van der Waals surface area contributed by atoms with Crippen LogP contribution in [0, 0.1) is 0 Å². The van der Waals surface area contributed by atoms with E-state index < -0.39 is 28.1 Å². The maximum absolute atomic E-state index is 12.3. The van der Waals surface area contributed by atoms with E-state index >= 15 is 0 Å². The second-order valence-electron chi connectivity index (χ2n) is 5.03. The van der Waals surface area contributed by atoms with Gasteiger partial charge in [0.2, 0.25) is 10.0 Å². The van der Waals surface area contributed by atoms with E-state index in [-0.39, 0.29) is 4.90 Å². The topological polar surface area (TPSA) is 92.7 Å². The summed E-state index contributed by atoms with van der Waals surface area (Å²) in [4.78, 5) is 10.5. The average Bonchev–Trinajstić information content (AvgIpc) is 2.45. The van der Waals surface area contributed by atoms with Crippen LogP contribution in [0.4, 0.5) is 0 Å². The van der Waals surface area contributed by atoms with E-state index in [4.69, 9.17) is 9.84 Å². The lowest BCUT2D eigenvalue weighted by Gasteiger charge is -2.27. The smallest absolute Gasteiger partial charge is 0.341 e. The second kappa shape index (κ2) is 6.91. The molecule has 1 aromatic rings. The highest BCUT2D eigenvalue weighted by Crippen LogP contribution is 2.20. The van der Waals surface area contributed by atoms with E-state index in [9.17, 15) is 13.2 Å². The fraction of sp³-hybridized carbons (Fsp3) is 0.500. The Morgan fingerprint density at radius 2 is 1.76 bits per heavy atom. The number of aliphatic carboxylic acids is 1. The SMILES string of the molecule is CCC(C)(CC)NS(=O)(=O)c1ccc(OCC(=O)O)cc1. The quantitative estimate of drug-likeness (QED) is 0.765. The molecule has 0 unspecified atom stereocenters. The zero-order valence-electron chi connectivity index (χ0n) is 12.4. The van der Waals surface area contributed by atoms with Gasteiger partial charge in [-0.2, -0.15) is 0 Å². The average molecular weight is 315 g/mol. The molecule has 0 spiro atoms. The summed E-state index contributed by atoms with van der Waals surface area (Å²) in [5.41, 5.74) is -0.489. The summed E-state index contributed by atoms with van der Waals surface area (Å²) in [6.45, 7) is 5.24. The fourth-order valence-electron chi connectivity index (χ4n) is 1.64. The van der Waals surface area contributed by atoms with Gasteiger partial charge in [-0.25, -0.2) is 17.9 Å². The predicted molar refractivity (Wildman–Crippen MR) is 78.9 cm³/mol. The van der Waals surface area contributed by atoms with Gasteiger partial charge in [0, 0.05) is 5.54 Å². The van der Waals surface area contributed by atoms with Crippen LogP contribution in [0.25, 0.3) is 0 Å². The van der Waals surface area contributed by atoms with E-state index in [2.05, 4.69) is 4.72 Å². The Kier molecular flexibility index (Phi) is 5.74. The van der Waals surface area contributed by atoms with Crippen molar-refractivity contribution in [1.82, 2.24) is 4.72 Å². The van der Waals surface area contributed by atoms with Crippen LogP contribution in [0.2, 0.25) is 0 Å². The van der Waals surface area contributed by atoms with E-state index in [1.165, 1.54) is 24.3 Å². The van der Waals surface area contributed by atoms with Gasteiger partial charge in [0.05, 0.1) is 4.90 Å². The van der Waals surface area contributed by atoms with Crippen molar-refractivity contribution in [3.63, 3.8) is 0 Å². The first-order chi connectivity index (χ1) is 9.72. The molecule has 118 valence electrons. The largest absolute Gasteiger partial charge is 0.482 e. The maximum atomic E-state index is 12.3. The Bertz CT molecular complexity index is 576. The van der Waals surface area contributed by atoms with E-state index in [1.54, 1.807) is 0 Å². The van der Waals surface area contributed by atoms with Gasteiger partial charge in [-0.05, 0) is 44.0 Å². The molecule has 21 heavy (non-hydrogen) atoms. The van der Waals surface area contributed by atoms with Gasteiger partial charge in [-0.15, -0.1) is 0 Å². The molecule has 0 amide bonds. The molecule has 0 atom stereocenters. The first-order valence-electron chi connectivity index (χ1n) is 6.71. The van der Waals surface area contributed by atoms with Crippen molar-refractivity contribution >= 4 is 16.0 Å². The summed E-state index contributed by atoms with van der Waals surface area (Å²) < 4.78 is 32.2. The minimum atomic E-state index is -3.61. The summed E-state index contributed by atoms with van der Waals surface area (Å²) in [7, 11) is -3.61. The number of sulfonamides is 1. The van der Waals surface area contributed by atoms with Gasteiger partial charge >= 0.3 is 5.97 Å². The molecule has 1 rings (SSSR count). The Morgan fingerprint density at radius 3 is 2.19 bits per heavy atom. The summed E-state index contributed by atoms with van der Waals surface area (Å²) in [6, 6.07) is 5.66. The molecule has 7 heteroatoms. The highest BCUT2D eigenvalue weighted by Gasteiger charge is 2.27. The lowest BCUT2D eigenvalue weighted by Crippen LogP contribution is -2.44. The summed E-state index contributed by atoms with van der Waals surface area (Å²) in [5, 5.41) is 8.51. The van der Waals surface area contributed by atoms with Gasteiger partial charge < -0.3 is 9.84 Å². The lowest BCUT2D eigenvalue weighted by molar-refractivity contribution is -0.139. The van der Waals surface area contributed by atoms with Gasteiger partial charge in [0.1, 0.15) is 5.75 Å². The molecule has 0 aliphatic heterocycles. The maximum Gasteiger partial charge on any atom is 0.341 e. The molecular weight excluding hydrogens is 294 g/mol. The molecule has 0 fully saturated rings. The monoisotopic (exact) mass is 315 g/mol. The number of hydrogen-bond donors (Lipinski definition) is 2. The highest BCUT2D eigenvalue weighted by atomic mass is 32.2. The van der Waals surface area contributed by atoms with Gasteiger partial charge in [-0.3, -0.25) is 0 Å². The Balaban J connectivity index is 2.87. The number of nitrogens with one attached hydrogen (secondary N) is 1. The van der Waals surface area contributed by atoms with Crippen molar-refractivity contribution < 1.29 is 23.1 Å². The van der Waals surface area contributed by atoms with Crippen molar-refractivity contribution in [2.45, 2.75) is 44.0 Å². The number of carboxylic acids is 1. The molecular formula is C14H21NO5S. The summed E-state index contributed by atoms with van der Waals surface area (Å²) >= 11 is 0. The molecule has 0 saturated heterocycles. The van der Waals surface area contributed by atoms with Gasteiger partial charge in [0.25, 0.3) is 0 Å². The van der Waals surface area contributed by atoms with E-state index in [0.29, 0.717) is 18.6 Å². The third-order valence-corrected chi connectivity index (χ3v) is 5.09. The Morgan fingerprint density at radius 1 is 1.24 bits per heavy atom. The second-order valence-corrected chi connectivity index (χ2v) is 6.71. The molecule has 0 heterocycles. The standard InChI is InChI=1S/C14H21NO5S/c1-4-14(3,5-2)15-21(18,19)12-8-6-11(7-9-12)20-10-13(16)17/h6-9,15H,4-5,10H2,1-3H3,(H,16,17). The molecule has 6 nitrogen and oxygen atoms in total. The number of benzene rings is 1. The van der Waals surface area contributed by atoms with Crippen molar-refractivity contribution in [2.24, 2.45) is 0 Å². The van der Waals surface area contributed by atoms with Gasteiger partial charge in [-0.1, -0.05) is 13.8 Å². The molecule has 0 aliphatic rings. The molecule has 0 aliphatic carbocycles. The van der Waals surface area contributed by atoms with E-state index in [0.717, 1.165) is 0 Å². The summed E-state index contributed by atoms with van der Waals surface area (Å²) in [6.07, 6.45) is 1.37. The minimum absolute atomic E-state index is 0.123. The fourth-order valence-corrected chi connectivity index (χ4v) is 3.19. The zero-order chi connectivity index (χ0) is 16.1. The molecule has 0 radical (unpaired) electrons. The molecule has 1 aromatic carbocycles. The predicted octanol–water partition coefficient (Wildman–Crippen LogP) is 2.01. The van der Waals surface area contributed by atoms with Crippen LogP contribution in [0.3, 0.4) is 0 Å². The number of rotatable bonds is 8. The van der Waals surface area contributed by atoms with Crippen molar-refractivity contribution in [2.75, 3.05) is 6.61 Å². The van der Waals surface area contributed by atoms with Crippen LogP contribution >= 0.6 is 0 Å². The Labute approximate surface area is 125 Å². The van der Waals surface area contributed by atoms with E-state index in [1.807, 2.05) is 20.8 Å². The molecule has 2 N–H and O–H groups in total. The van der Waals surface area contributed by atoms with Crippen molar-refractivity contribution in [3.05, 3.63) is 24.3 Å². The molecule has 0 bridgehead atoms. The number of hydrogen-bond acceptors (Lipinski definition) is 4. The molecule has 0 saturated carbocycles. The number of carboxylic acid groups (broad SMARTS) is 1. The third kappa shape index (κ3) is 5.02. The Hall–Kier alpha value is -1.60. The first kappa shape index (κ1) is 17.5. The van der Waals surface area contributed by atoms with Crippen LogP contribution in [0.5, 0.6) is 5.75 Å². The van der Waals surface area contributed by atoms with Crippen LogP contribution < -0.4 is 9.46 Å². The van der Waals surface area contributed by atoms with Crippen molar-refractivity contribution in [1.29, 1.82) is 0 Å². The zero-order valence-corrected chi connectivity index (χ0v) is 13.2. The van der Waals surface area contributed by atoms with Gasteiger partial charge in [0.15, 0.2) is 6.61 Å². The third-order valence-electron chi connectivity index (χ3n) is 3.44. The first-order valence-corrected chi connectivity index (χ1v) is 8.19.